The number of amides is 2. The molecule has 2 amide bonds. The van der Waals surface area contributed by atoms with Crippen LogP contribution >= 0.6 is 0 Å². The zero-order valence-corrected chi connectivity index (χ0v) is 16.8. The van der Waals surface area contributed by atoms with Crippen molar-refractivity contribution in [2.24, 2.45) is 0 Å². The Balaban J connectivity index is 1.45. The molecule has 1 aliphatic rings. The molecule has 0 radical (unpaired) electrons. The summed E-state index contributed by atoms with van der Waals surface area (Å²) in [7, 11) is 0. The number of carbonyl (C=O) groups excluding carboxylic acids is 2. The van der Waals surface area contributed by atoms with Crippen LogP contribution in [0.15, 0.2) is 48.5 Å². The van der Waals surface area contributed by atoms with E-state index in [-0.39, 0.29) is 0 Å². The number of hydrogen-bond acceptors (Lipinski definition) is 6. The van der Waals surface area contributed by atoms with Gasteiger partial charge in [0.15, 0.2) is 17.6 Å². The number of hydrazine groups is 1. The highest BCUT2D eigenvalue weighted by molar-refractivity contribution is 5.93. The third-order valence-electron chi connectivity index (χ3n) is 4.12. The number of rotatable bonds is 7. The van der Waals surface area contributed by atoms with Crippen LogP contribution in [0.3, 0.4) is 0 Å². The van der Waals surface area contributed by atoms with Crippen molar-refractivity contribution in [3.05, 3.63) is 54.1 Å². The van der Waals surface area contributed by atoms with Crippen molar-refractivity contribution in [1.29, 1.82) is 0 Å². The Kier molecular flexibility index (Phi) is 7.15. The average Bonchev–Trinajstić information content (AvgIpc) is 2.77. The molecule has 2 aromatic carbocycles. The van der Waals surface area contributed by atoms with E-state index in [1.807, 2.05) is 13.0 Å². The summed E-state index contributed by atoms with van der Waals surface area (Å²) < 4.78 is 21.9. The van der Waals surface area contributed by atoms with E-state index in [0.717, 1.165) is 11.3 Å². The van der Waals surface area contributed by atoms with Gasteiger partial charge in [-0.25, -0.2) is 0 Å². The topological polar surface area (TPSA) is 95.1 Å². The first kappa shape index (κ1) is 21.0. The number of benzene rings is 2. The Bertz CT molecular complexity index is 910. The smallest absolute Gasteiger partial charge is 0.279 e. The summed E-state index contributed by atoms with van der Waals surface area (Å²) in [6.07, 6.45) is 2.12. The van der Waals surface area contributed by atoms with Crippen molar-refractivity contribution >= 4 is 17.9 Å². The van der Waals surface area contributed by atoms with Gasteiger partial charge in [0.1, 0.15) is 24.7 Å². The predicted octanol–water partition coefficient (Wildman–Crippen LogP) is 2.48. The minimum atomic E-state index is -0.801. The molecule has 8 heteroatoms. The summed E-state index contributed by atoms with van der Waals surface area (Å²) in [5.74, 6) is 1.59. The molecule has 0 bridgehead atoms. The quantitative estimate of drug-likeness (QED) is 0.536. The van der Waals surface area contributed by atoms with E-state index in [4.69, 9.17) is 18.9 Å². The normalized spacial score (nSPS) is 13.4. The molecule has 0 saturated heterocycles. The van der Waals surface area contributed by atoms with Crippen LogP contribution < -0.4 is 29.8 Å². The van der Waals surface area contributed by atoms with Gasteiger partial charge in [-0.1, -0.05) is 6.07 Å². The predicted molar refractivity (Wildman–Crippen MR) is 110 cm³/mol. The van der Waals surface area contributed by atoms with Gasteiger partial charge in [0, 0.05) is 6.08 Å². The fourth-order valence-electron chi connectivity index (χ4n) is 2.64. The van der Waals surface area contributed by atoms with Gasteiger partial charge in [-0.05, 0) is 61.9 Å². The summed E-state index contributed by atoms with van der Waals surface area (Å²) in [5.41, 5.74) is 5.43. The van der Waals surface area contributed by atoms with Crippen LogP contribution in [0.1, 0.15) is 19.4 Å². The molecule has 2 N–H and O–H groups in total. The van der Waals surface area contributed by atoms with Crippen molar-refractivity contribution in [2.45, 2.75) is 20.0 Å². The molecule has 0 saturated carbocycles. The molecule has 1 heterocycles. The maximum absolute atomic E-state index is 12.1. The molecular weight excluding hydrogens is 388 g/mol. The van der Waals surface area contributed by atoms with Gasteiger partial charge in [-0.3, -0.25) is 20.4 Å². The SMILES string of the molecule is CCOc1ccc(O[C@@H](C)C(=O)NNC(=O)/C=C/c2ccc3c(c2)OCCO3)cc1. The van der Waals surface area contributed by atoms with E-state index in [1.165, 1.54) is 6.08 Å². The van der Waals surface area contributed by atoms with Crippen molar-refractivity contribution in [3.63, 3.8) is 0 Å². The maximum atomic E-state index is 12.1. The Labute approximate surface area is 174 Å². The van der Waals surface area contributed by atoms with Crippen molar-refractivity contribution in [2.75, 3.05) is 19.8 Å². The fraction of sp³-hybridized carbons (Fsp3) is 0.273. The zero-order valence-electron chi connectivity index (χ0n) is 16.8. The van der Waals surface area contributed by atoms with Crippen LogP contribution in [-0.4, -0.2) is 37.7 Å². The summed E-state index contributed by atoms with van der Waals surface area (Å²) in [6, 6.07) is 12.3. The van der Waals surface area contributed by atoms with E-state index in [2.05, 4.69) is 10.9 Å². The van der Waals surface area contributed by atoms with Gasteiger partial charge < -0.3 is 18.9 Å². The second kappa shape index (κ2) is 10.2. The van der Waals surface area contributed by atoms with Gasteiger partial charge in [-0.2, -0.15) is 0 Å². The van der Waals surface area contributed by atoms with Gasteiger partial charge >= 0.3 is 0 Å². The zero-order chi connectivity index (χ0) is 21.3. The van der Waals surface area contributed by atoms with E-state index >= 15 is 0 Å². The Morgan fingerprint density at radius 1 is 1.03 bits per heavy atom. The number of ether oxygens (including phenoxy) is 4. The summed E-state index contributed by atoms with van der Waals surface area (Å²) in [4.78, 5) is 24.1. The highest BCUT2D eigenvalue weighted by atomic mass is 16.6. The molecule has 0 fully saturated rings. The first-order valence-electron chi connectivity index (χ1n) is 9.62. The monoisotopic (exact) mass is 412 g/mol. The molecule has 1 aliphatic heterocycles. The van der Waals surface area contributed by atoms with Crippen molar-refractivity contribution in [1.82, 2.24) is 10.9 Å². The standard InChI is InChI=1S/C22H24N2O6/c1-3-27-17-6-8-18(9-7-17)30-15(2)22(26)24-23-21(25)11-5-16-4-10-19-20(14-16)29-13-12-28-19/h4-11,14-15H,3,12-13H2,1-2H3,(H,23,25)(H,24,26)/b11-5+/t15-/m0/s1. The molecule has 2 aromatic rings. The van der Waals surface area contributed by atoms with Crippen molar-refractivity contribution < 1.29 is 28.5 Å². The Morgan fingerprint density at radius 2 is 1.73 bits per heavy atom. The Hall–Kier alpha value is -3.68. The van der Waals surface area contributed by atoms with Gasteiger partial charge in [-0.15, -0.1) is 0 Å². The van der Waals surface area contributed by atoms with E-state index in [9.17, 15) is 9.59 Å². The highest BCUT2D eigenvalue weighted by Gasteiger charge is 2.15. The lowest BCUT2D eigenvalue weighted by molar-refractivity contribution is -0.131. The minimum absolute atomic E-state index is 0.480. The maximum Gasteiger partial charge on any atom is 0.279 e. The van der Waals surface area contributed by atoms with E-state index < -0.39 is 17.9 Å². The average molecular weight is 412 g/mol. The second-order valence-electron chi connectivity index (χ2n) is 6.38. The molecule has 3 rings (SSSR count). The number of carbonyl (C=O) groups is 2. The van der Waals surface area contributed by atoms with Gasteiger partial charge in [0.2, 0.25) is 0 Å². The number of nitrogens with one attached hydrogen (secondary N) is 2. The van der Waals surface area contributed by atoms with E-state index in [1.54, 1.807) is 49.4 Å². The first-order chi connectivity index (χ1) is 14.5. The lowest BCUT2D eigenvalue weighted by Gasteiger charge is -2.18. The number of fused-ring (bicyclic) bond motifs is 1. The summed E-state index contributed by atoms with van der Waals surface area (Å²) in [5, 5.41) is 0. The van der Waals surface area contributed by atoms with Crippen LogP contribution in [0.4, 0.5) is 0 Å². The third kappa shape index (κ3) is 5.91. The molecule has 0 spiro atoms. The summed E-state index contributed by atoms with van der Waals surface area (Å²) >= 11 is 0. The minimum Gasteiger partial charge on any atom is -0.494 e. The lowest BCUT2D eigenvalue weighted by atomic mass is 10.2. The van der Waals surface area contributed by atoms with Crippen LogP contribution in [0.2, 0.25) is 0 Å². The molecule has 0 aromatic heterocycles. The molecular formula is C22H24N2O6. The lowest BCUT2D eigenvalue weighted by Crippen LogP contribution is -2.46. The first-order valence-corrected chi connectivity index (χ1v) is 9.62. The molecule has 1 atom stereocenters. The van der Waals surface area contributed by atoms with Crippen molar-refractivity contribution in [3.8, 4) is 23.0 Å². The summed E-state index contributed by atoms with van der Waals surface area (Å²) in [6.45, 7) is 5.07. The van der Waals surface area contributed by atoms with Crippen LogP contribution in [0, 0.1) is 0 Å². The highest BCUT2D eigenvalue weighted by Crippen LogP contribution is 2.31. The molecule has 30 heavy (non-hydrogen) atoms. The second-order valence-corrected chi connectivity index (χ2v) is 6.38. The third-order valence-corrected chi connectivity index (χ3v) is 4.12. The molecule has 8 nitrogen and oxygen atoms in total. The molecule has 0 aliphatic carbocycles. The largest absolute Gasteiger partial charge is 0.494 e. The van der Waals surface area contributed by atoms with E-state index in [0.29, 0.717) is 37.1 Å². The molecule has 0 unspecified atom stereocenters. The van der Waals surface area contributed by atoms with Gasteiger partial charge in [0.25, 0.3) is 11.8 Å². The van der Waals surface area contributed by atoms with Gasteiger partial charge in [0.05, 0.1) is 6.61 Å². The van der Waals surface area contributed by atoms with Crippen LogP contribution in [0.5, 0.6) is 23.0 Å². The number of hydrogen-bond donors (Lipinski definition) is 2. The van der Waals surface area contributed by atoms with Crippen LogP contribution in [-0.2, 0) is 9.59 Å². The van der Waals surface area contributed by atoms with Crippen LogP contribution in [0.25, 0.3) is 6.08 Å². The molecule has 158 valence electrons. The fourth-order valence-corrected chi connectivity index (χ4v) is 2.64. The Morgan fingerprint density at radius 3 is 2.47 bits per heavy atom.